The van der Waals surface area contributed by atoms with E-state index in [1.165, 1.54) is 0 Å². The average Bonchev–Trinajstić information content (AvgIpc) is 2.40. The molecule has 0 aliphatic rings. The van der Waals surface area contributed by atoms with E-state index >= 15 is 0 Å². The van der Waals surface area contributed by atoms with Crippen LogP contribution in [-0.2, 0) is 13.5 Å². The summed E-state index contributed by atoms with van der Waals surface area (Å²) < 4.78 is 1.70. The van der Waals surface area contributed by atoms with Crippen LogP contribution in [0, 0.1) is 10.8 Å². The van der Waals surface area contributed by atoms with Crippen LogP contribution in [-0.4, -0.2) is 15.6 Å². The maximum atomic E-state index is 12.2. The van der Waals surface area contributed by atoms with Gasteiger partial charge in [0, 0.05) is 12.5 Å². The summed E-state index contributed by atoms with van der Waals surface area (Å²) in [6, 6.07) is 1.93. The normalized spacial score (nSPS) is 12.9. The minimum absolute atomic E-state index is 0.146. The van der Waals surface area contributed by atoms with Crippen LogP contribution in [0.5, 0.6) is 0 Å². The van der Waals surface area contributed by atoms with Gasteiger partial charge in [-0.05, 0) is 17.9 Å². The van der Waals surface area contributed by atoms with Crippen molar-refractivity contribution in [1.82, 2.24) is 9.78 Å². The molecule has 0 aromatic carbocycles. The fourth-order valence-electron chi connectivity index (χ4n) is 1.75. The SMILES string of the molecule is Cn1nc(CC(C)(C)C)cc1C(=O)C(C)(C)C. The Morgan fingerprint density at radius 1 is 1.24 bits per heavy atom. The number of rotatable bonds is 2. The predicted molar refractivity (Wildman–Crippen MR) is 70.2 cm³/mol. The molecule has 0 atom stereocenters. The van der Waals surface area contributed by atoms with Crippen LogP contribution in [0.15, 0.2) is 6.07 Å². The molecule has 1 heterocycles. The van der Waals surface area contributed by atoms with Gasteiger partial charge in [0.15, 0.2) is 5.78 Å². The molecule has 0 saturated heterocycles. The molecule has 0 saturated carbocycles. The standard InChI is InChI=1S/C14H24N2O/c1-13(2,3)9-10-8-11(16(7)15-10)12(17)14(4,5)6/h8H,9H2,1-7H3. The Labute approximate surface area is 104 Å². The number of aromatic nitrogens is 2. The highest BCUT2D eigenvalue weighted by Gasteiger charge is 2.26. The molecule has 0 bridgehead atoms. The van der Waals surface area contributed by atoms with Crippen molar-refractivity contribution in [2.24, 2.45) is 17.9 Å². The monoisotopic (exact) mass is 236 g/mol. The van der Waals surface area contributed by atoms with Gasteiger partial charge in [-0.25, -0.2) is 0 Å². The molecule has 0 radical (unpaired) electrons. The van der Waals surface area contributed by atoms with Gasteiger partial charge in [-0.1, -0.05) is 41.5 Å². The fraction of sp³-hybridized carbons (Fsp3) is 0.714. The molecule has 3 nitrogen and oxygen atoms in total. The van der Waals surface area contributed by atoms with Crippen LogP contribution >= 0.6 is 0 Å². The van der Waals surface area contributed by atoms with Crippen molar-refractivity contribution in [3.8, 4) is 0 Å². The second kappa shape index (κ2) is 4.28. The van der Waals surface area contributed by atoms with Gasteiger partial charge < -0.3 is 0 Å². The first-order valence-corrected chi connectivity index (χ1v) is 6.08. The Kier molecular flexibility index (Phi) is 3.51. The highest BCUT2D eigenvalue weighted by atomic mass is 16.1. The van der Waals surface area contributed by atoms with Gasteiger partial charge in [0.25, 0.3) is 0 Å². The summed E-state index contributed by atoms with van der Waals surface area (Å²) in [4.78, 5) is 12.2. The molecule has 0 unspecified atom stereocenters. The first-order chi connectivity index (χ1) is 7.50. The summed E-state index contributed by atoms with van der Waals surface area (Å²) in [5.41, 5.74) is 1.53. The van der Waals surface area contributed by atoms with Crippen molar-refractivity contribution in [2.75, 3.05) is 0 Å². The lowest BCUT2D eigenvalue weighted by Gasteiger charge is -2.16. The second-order valence-corrected chi connectivity index (χ2v) is 6.96. The van der Waals surface area contributed by atoms with Gasteiger partial charge in [-0.15, -0.1) is 0 Å². The third-order valence-electron chi connectivity index (χ3n) is 2.56. The van der Waals surface area contributed by atoms with E-state index in [2.05, 4.69) is 25.9 Å². The van der Waals surface area contributed by atoms with Gasteiger partial charge in [-0.3, -0.25) is 9.48 Å². The lowest BCUT2D eigenvalue weighted by Crippen LogP contribution is -2.22. The highest BCUT2D eigenvalue weighted by Crippen LogP contribution is 2.24. The van der Waals surface area contributed by atoms with E-state index in [0.717, 1.165) is 12.1 Å². The average molecular weight is 236 g/mol. The largest absolute Gasteiger partial charge is 0.292 e. The van der Waals surface area contributed by atoms with Crippen LogP contribution in [0.4, 0.5) is 0 Å². The number of ketones is 1. The van der Waals surface area contributed by atoms with Crippen molar-refractivity contribution in [1.29, 1.82) is 0 Å². The highest BCUT2D eigenvalue weighted by molar-refractivity contribution is 5.98. The van der Waals surface area contributed by atoms with E-state index in [1.54, 1.807) is 4.68 Å². The maximum Gasteiger partial charge on any atom is 0.186 e. The number of aryl methyl sites for hydroxylation is 1. The second-order valence-electron chi connectivity index (χ2n) is 6.96. The van der Waals surface area contributed by atoms with Crippen molar-refractivity contribution in [3.05, 3.63) is 17.5 Å². The number of carbonyl (C=O) groups is 1. The summed E-state index contributed by atoms with van der Waals surface area (Å²) in [6.45, 7) is 12.3. The van der Waals surface area contributed by atoms with Gasteiger partial charge >= 0.3 is 0 Å². The van der Waals surface area contributed by atoms with Crippen LogP contribution < -0.4 is 0 Å². The molecule has 0 aliphatic heterocycles. The zero-order valence-corrected chi connectivity index (χ0v) is 12.1. The van der Waals surface area contributed by atoms with Gasteiger partial charge in [0.05, 0.1) is 5.69 Å². The van der Waals surface area contributed by atoms with Crippen molar-refractivity contribution in [2.45, 2.75) is 48.0 Å². The first-order valence-electron chi connectivity index (χ1n) is 6.08. The topological polar surface area (TPSA) is 34.9 Å². The smallest absolute Gasteiger partial charge is 0.186 e. The minimum Gasteiger partial charge on any atom is -0.292 e. The molecule has 3 heteroatoms. The molecule has 0 amide bonds. The Bertz CT molecular complexity index is 416. The van der Waals surface area contributed by atoms with Crippen LogP contribution in [0.25, 0.3) is 0 Å². The van der Waals surface area contributed by atoms with E-state index in [0.29, 0.717) is 5.69 Å². The van der Waals surface area contributed by atoms with Crippen LogP contribution in [0.2, 0.25) is 0 Å². The first kappa shape index (κ1) is 13.9. The molecule has 0 fully saturated rings. The van der Waals surface area contributed by atoms with Gasteiger partial charge in [0.1, 0.15) is 5.69 Å². The molecule has 0 spiro atoms. The molecule has 1 aromatic heterocycles. The zero-order valence-electron chi connectivity index (χ0n) is 12.1. The van der Waals surface area contributed by atoms with Gasteiger partial charge in [-0.2, -0.15) is 5.10 Å². The van der Waals surface area contributed by atoms with Crippen LogP contribution in [0.1, 0.15) is 57.7 Å². The summed E-state index contributed by atoms with van der Waals surface area (Å²) in [6.07, 6.45) is 0.887. The maximum absolute atomic E-state index is 12.2. The Hall–Kier alpha value is -1.12. The number of carbonyl (C=O) groups excluding carboxylic acids is 1. The number of Topliss-reactive ketones (excluding diaryl/α,β-unsaturated/α-hetero) is 1. The molecular formula is C14H24N2O. The Morgan fingerprint density at radius 2 is 1.76 bits per heavy atom. The summed E-state index contributed by atoms with van der Waals surface area (Å²) in [5, 5.41) is 4.43. The summed E-state index contributed by atoms with van der Waals surface area (Å²) in [7, 11) is 1.84. The van der Waals surface area contributed by atoms with E-state index in [4.69, 9.17) is 0 Å². The van der Waals surface area contributed by atoms with Crippen molar-refractivity contribution >= 4 is 5.78 Å². The van der Waals surface area contributed by atoms with E-state index < -0.39 is 0 Å². The number of nitrogens with zero attached hydrogens (tertiary/aromatic N) is 2. The Balaban J connectivity index is 3.01. The molecule has 0 aliphatic carbocycles. The van der Waals surface area contributed by atoms with E-state index in [-0.39, 0.29) is 16.6 Å². The minimum atomic E-state index is -0.354. The predicted octanol–water partition coefficient (Wildman–Crippen LogP) is 3.24. The number of hydrogen-bond acceptors (Lipinski definition) is 2. The molecule has 1 aromatic rings. The Morgan fingerprint density at radius 3 is 2.18 bits per heavy atom. The fourth-order valence-corrected chi connectivity index (χ4v) is 1.75. The lowest BCUT2D eigenvalue weighted by atomic mass is 9.87. The lowest BCUT2D eigenvalue weighted by molar-refractivity contribution is 0.0848. The number of hydrogen-bond donors (Lipinski definition) is 0. The molecule has 0 N–H and O–H groups in total. The third kappa shape index (κ3) is 3.69. The summed E-state index contributed by atoms with van der Waals surface area (Å²) in [5.74, 6) is 0.146. The molecule has 96 valence electrons. The van der Waals surface area contributed by atoms with Crippen LogP contribution in [0.3, 0.4) is 0 Å². The third-order valence-corrected chi connectivity index (χ3v) is 2.56. The molecule has 17 heavy (non-hydrogen) atoms. The molecular weight excluding hydrogens is 212 g/mol. The van der Waals surface area contributed by atoms with Crippen molar-refractivity contribution in [3.63, 3.8) is 0 Å². The van der Waals surface area contributed by atoms with E-state index in [9.17, 15) is 4.79 Å². The quantitative estimate of drug-likeness (QED) is 0.739. The molecule has 1 rings (SSSR count). The zero-order chi connectivity index (χ0) is 13.4. The van der Waals surface area contributed by atoms with Crippen molar-refractivity contribution < 1.29 is 4.79 Å². The summed E-state index contributed by atoms with van der Waals surface area (Å²) >= 11 is 0. The van der Waals surface area contributed by atoms with Gasteiger partial charge in [0.2, 0.25) is 0 Å². The van der Waals surface area contributed by atoms with E-state index in [1.807, 2.05) is 33.9 Å².